The molecule has 8 heteroatoms. The molecule has 41 heavy (non-hydrogen) atoms. The number of hydrogen-bond acceptors (Lipinski definition) is 7. The van der Waals surface area contributed by atoms with Gasteiger partial charge in [-0.15, -0.1) is 0 Å². The van der Waals surface area contributed by atoms with E-state index in [4.69, 9.17) is 14.7 Å². The van der Waals surface area contributed by atoms with Crippen LogP contribution >= 0.6 is 0 Å². The molecule has 0 bridgehead atoms. The number of aromatic nitrogens is 2. The number of piperazine rings is 1. The van der Waals surface area contributed by atoms with E-state index in [2.05, 4.69) is 54.6 Å². The number of benzene rings is 1. The summed E-state index contributed by atoms with van der Waals surface area (Å²) in [6.07, 6.45) is 10.3. The minimum atomic E-state index is -0.200. The van der Waals surface area contributed by atoms with Gasteiger partial charge in [-0.25, -0.2) is 0 Å². The molecule has 3 heterocycles. The van der Waals surface area contributed by atoms with E-state index in [9.17, 15) is 10.1 Å². The van der Waals surface area contributed by atoms with E-state index in [0.717, 1.165) is 56.6 Å². The Balaban J connectivity index is 1.31. The fourth-order valence-corrected chi connectivity index (χ4v) is 7.69. The number of nitrogens with zero attached hydrogens (tertiary/aromatic N) is 6. The van der Waals surface area contributed by atoms with Crippen LogP contribution in [0, 0.1) is 23.7 Å². The van der Waals surface area contributed by atoms with Gasteiger partial charge in [0.2, 0.25) is 5.91 Å². The molecule has 1 aromatic carbocycles. The van der Waals surface area contributed by atoms with Crippen LogP contribution < -0.4 is 9.64 Å². The molecule has 2 aliphatic heterocycles. The molecule has 0 radical (unpaired) electrons. The zero-order chi connectivity index (χ0) is 28.6. The van der Waals surface area contributed by atoms with Crippen LogP contribution in [0.1, 0.15) is 60.1 Å². The van der Waals surface area contributed by atoms with Crippen molar-refractivity contribution in [2.45, 2.75) is 76.8 Å². The normalized spacial score (nSPS) is 25.9. The van der Waals surface area contributed by atoms with Crippen molar-refractivity contribution in [2.24, 2.45) is 5.41 Å². The third-order valence-electron chi connectivity index (χ3n) is 10.1. The van der Waals surface area contributed by atoms with Crippen LogP contribution in [0.15, 0.2) is 30.9 Å². The summed E-state index contributed by atoms with van der Waals surface area (Å²) in [4.78, 5) is 29.0. The lowest BCUT2D eigenvalue weighted by Gasteiger charge is -2.44. The predicted molar refractivity (Wildman–Crippen MR) is 159 cm³/mol. The van der Waals surface area contributed by atoms with Crippen LogP contribution in [0.25, 0.3) is 0 Å². The lowest BCUT2D eigenvalue weighted by atomic mass is 9.63. The number of rotatable bonds is 6. The van der Waals surface area contributed by atoms with E-state index in [0.29, 0.717) is 38.3 Å². The van der Waals surface area contributed by atoms with E-state index in [1.54, 1.807) is 4.90 Å². The first-order valence-electron chi connectivity index (χ1n) is 15.2. The quantitative estimate of drug-likeness (QED) is 0.498. The standard InChI is InChI=1S/C33H42N6O2/c1-4-30(40)39-18-17-38(21-25(39)12-15-34)31-28-11-14-33(13-10-27-23(2)7-5-8-24(27)19-33)20-29(28)35-32(36-31)41-22-26-9-6-16-37(26)3/h4-5,7-8,25-26H,1,6,9-14,16-22H2,2-3H3/t25-,26-,33+/m0/s1. The maximum absolute atomic E-state index is 12.5. The number of aryl methyl sites for hydroxylation is 1. The number of anilines is 1. The highest BCUT2D eigenvalue weighted by atomic mass is 16.5. The second-order valence-corrected chi connectivity index (χ2v) is 12.6. The van der Waals surface area contributed by atoms with E-state index in [-0.39, 0.29) is 23.8 Å². The Kier molecular flexibility index (Phi) is 7.74. The number of ether oxygens (including phenoxy) is 1. The Morgan fingerprint density at radius 3 is 2.76 bits per heavy atom. The molecular weight excluding hydrogens is 512 g/mol. The topological polar surface area (TPSA) is 85.6 Å². The van der Waals surface area contributed by atoms with Crippen LogP contribution in [0.3, 0.4) is 0 Å². The molecule has 216 valence electrons. The van der Waals surface area contributed by atoms with Gasteiger partial charge in [0.25, 0.3) is 0 Å². The van der Waals surface area contributed by atoms with E-state index >= 15 is 0 Å². The van der Waals surface area contributed by atoms with Gasteiger partial charge in [0.15, 0.2) is 0 Å². The summed E-state index contributed by atoms with van der Waals surface area (Å²) in [5.41, 5.74) is 6.99. The molecule has 6 rings (SSSR count). The molecule has 4 aliphatic rings. The first kappa shape index (κ1) is 27.7. The lowest BCUT2D eigenvalue weighted by molar-refractivity contribution is -0.128. The van der Waals surface area contributed by atoms with E-state index < -0.39 is 0 Å². The largest absolute Gasteiger partial charge is 0.462 e. The van der Waals surface area contributed by atoms with Gasteiger partial charge in [0.1, 0.15) is 12.4 Å². The number of carbonyl (C=O) groups excluding carboxylic acids is 1. The summed E-state index contributed by atoms with van der Waals surface area (Å²) in [5, 5.41) is 9.52. The molecule has 8 nitrogen and oxygen atoms in total. The SMILES string of the molecule is C=CC(=O)N1CCN(c2nc(OC[C@@H]3CCCN3C)nc3c2CC[C@@]2(CCc4c(C)cccc4C2)C3)C[C@@H]1CC#N. The summed E-state index contributed by atoms with van der Waals surface area (Å²) in [5.74, 6) is 0.814. The zero-order valence-electron chi connectivity index (χ0n) is 24.6. The molecule has 2 fully saturated rings. The molecule has 3 atom stereocenters. The van der Waals surface area contributed by atoms with Gasteiger partial charge < -0.3 is 19.4 Å². The first-order chi connectivity index (χ1) is 19.9. The maximum atomic E-state index is 12.5. The summed E-state index contributed by atoms with van der Waals surface area (Å²) in [6.45, 7) is 9.36. The van der Waals surface area contributed by atoms with Gasteiger partial charge in [-0.3, -0.25) is 4.79 Å². The number of carbonyl (C=O) groups is 1. The Morgan fingerprint density at radius 1 is 1.17 bits per heavy atom. The van der Waals surface area contributed by atoms with Gasteiger partial charge in [0.05, 0.1) is 24.2 Å². The molecule has 1 spiro atoms. The Morgan fingerprint density at radius 2 is 2.00 bits per heavy atom. The molecular formula is C33H42N6O2. The van der Waals surface area contributed by atoms with Gasteiger partial charge in [-0.2, -0.15) is 15.2 Å². The minimum absolute atomic E-state index is 0.117. The number of likely N-dealkylation sites (tertiary alicyclic amines) is 1. The van der Waals surface area contributed by atoms with Crippen molar-refractivity contribution in [3.63, 3.8) is 0 Å². The van der Waals surface area contributed by atoms with Crippen LogP contribution in [0.4, 0.5) is 5.82 Å². The van der Waals surface area contributed by atoms with Crippen molar-refractivity contribution in [1.82, 2.24) is 19.8 Å². The van der Waals surface area contributed by atoms with Crippen LogP contribution in [-0.2, 0) is 30.5 Å². The zero-order valence-corrected chi connectivity index (χ0v) is 24.6. The van der Waals surface area contributed by atoms with Crippen molar-refractivity contribution in [3.05, 3.63) is 58.8 Å². The minimum Gasteiger partial charge on any atom is -0.462 e. The highest BCUT2D eigenvalue weighted by Crippen LogP contribution is 2.47. The molecule has 2 aliphatic carbocycles. The van der Waals surface area contributed by atoms with Gasteiger partial charge >= 0.3 is 6.01 Å². The highest BCUT2D eigenvalue weighted by Gasteiger charge is 2.41. The average Bonchev–Trinajstić information content (AvgIpc) is 3.39. The predicted octanol–water partition coefficient (Wildman–Crippen LogP) is 4.04. The molecule has 0 N–H and O–H groups in total. The van der Waals surface area contributed by atoms with Crippen LogP contribution in [-0.4, -0.2) is 77.6 Å². The van der Waals surface area contributed by atoms with E-state index in [1.807, 2.05) is 0 Å². The Hall–Kier alpha value is -3.44. The second kappa shape index (κ2) is 11.4. The van der Waals surface area contributed by atoms with Crippen molar-refractivity contribution in [3.8, 4) is 12.1 Å². The number of likely N-dealkylation sites (N-methyl/N-ethyl adjacent to an activating group) is 1. The van der Waals surface area contributed by atoms with Gasteiger partial charge in [-0.1, -0.05) is 24.8 Å². The average molecular weight is 555 g/mol. The van der Waals surface area contributed by atoms with Crippen LogP contribution in [0.5, 0.6) is 6.01 Å². The Labute approximate surface area is 244 Å². The third-order valence-corrected chi connectivity index (χ3v) is 10.1. The number of hydrogen-bond donors (Lipinski definition) is 0. The van der Waals surface area contributed by atoms with E-state index in [1.165, 1.54) is 41.2 Å². The summed E-state index contributed by atoms with van der Waals surface area (Å²) >= 11 is 0. The molecule has 2 saturated heterocycles. The number of amides is 1. The lowest BCUT2D eigenvalue weighted by Crippen LogP contribution is -2.55. The second-order valence-electron chi connectivity index (χ2n) is 12.6. The summed E-state index contributed by atoms with van der Waals surface area (Å²) < 4.78 is 6.34. The number of nitriles is 1. The van der Waals surface area contributed by atoms with Crippen LogP contribution in [0.2, 0.25) is 0 Å². The van der Waals surface area contributed by atoms with Crippen molar-refractivity contribution < 1.29 is 9.53 Å². The fourth-order valence-electron chi connectivity index (χ4n) is 7.69. The smallest absolute Gasteiger partial charge is 0.318 e. The third kappa shape index (κ3) is 5.44. The first-order valence-corrected chi connectivity index (χ1v) is 15.2. The molecule has 1 aromatic heterocycles. The summed E-state index contributed by atoms with van der Waals surface area (Å²) in [6, 6.07) is 9.68. The van der Waals surface area contributed by atoms with Crippen molar-refractivity contribution >= 4 is 11.7 Å². The molecule has 1 amide bonds. The highest BCUT2D eigenvalue weighted by molar-refractivity contribution is 5.87. The summed E-state index contributed by atoms with van der Waals surface area (Å²) in [7, 11) is 2.16. The maximum Gasteiger partial charge on any atom is 0.318 e. The fraction of sp³-hybridized carbons (Fsp3) is 0.576. The van der Waals surface area contributed by atoms with Gasteiger partial charge in [-0.05, 0) is 100 Å². The molecule has 0 unspecified atom stereocenters. The Bertz CT molecular complexity index is 1370. The number of fused-ring (bicyclic) bond motifs is 2. The van der Waals surface area contributed by atoms with Crippen molar-refractivity contribution in [1.29, 1.82) is 5.26 Å². The van der Waals surface area contributed by atoms with Gasteiger partial charge in [0, 0.05) is 31.2 Å². The molecule has 2 aromatic rings. The monoisotopic (exact) mass is 554 g/mol. The molecule has 0 saturated carbocycles. The van der Waals surface area contributed by atoms with Crippen molar-refractivity contribution in [2.75, 3.05) is 44.7 Å².